The molecule has 1 aliphatic heterocycles. The van der Waals surface area contributed by atoms with Crippen molar-refractivity contribution in [2.75, 3.05) is 7.05 Å². The second-order valence-electron chi connectivity index (χ2n) is 4.51. The average Bonchev–Trinajstić information content (AvgIpc) is 2.52. The Morgan fingerprint density at radius 2 is 1.88 bits per heavy atom. The van der Waals surface area contributed by atoms with Crippen LogP contribution in [0.15, 0.2) is 34.1 Å². The van der Waals surface area contributed by atoms with Gasteiger partial charge in [-0.15, -0.1) is 0 Å². The van der Waals surface area contributed by atoms with Gasteiger partial charge in [-0.3, -0.25) is 0 Å². The molecule has 0 radical (unpaired) electrons. The predicted octanol–water partition coefficient (Wildman–Crippen LogP) is 3.81. The van der Waals surface area contributed by atoms with Crippen LogP contribution in [0.25, 0.3) is 0 Å². The Morgan fingerprint density at radius 3 is 2.35 bits per heavy atom. The summed E-state index contributed by atoms with van der Waals surface area (Å²) in [6.07, 6.45) is 0. The van der Waals surface area contributed by atoms with Gasteiger partial charge < -0.3 is 4.74 Å². The Balaban J connectivity index is 2.47. The monoisotopic (exact) mass is 362 g/mol. The first-order valence-electron chi connectivity index (χ1n) is 5.32. The topological polar surface area (TPSA) is 12.2 Å². The Labute approximate surface area is 120 Å². The molecule has 17 heavy (non-hydrogen) atoms. The van der Waals surface area contributed by atoms with Gasteiger partial charge in [0.25, 0.3) is 0 Å². The lowest BCUT2D eigenvalue weighted by Crippen LogP contribution is -2.32. The van der Waals surface area contributed by atoms with E-state index in [1.807, 2.05) is 35.4 Å². The molecule has 0 aliphatic carbocycles. The standard InChI is InChI=1S/C13H14ClINO/c1-13(2)11(8-15)17-12(16(13)3)9-4-6-10(14)7-5-9/h4-8H,1-3H3/q+1/b11-8-. The van der Waals surface area contributed by atoms with Crippen LogP contribution in [0.3, 0.4) is 0 Å². The minimum absolute atomic E-state index is 0.115. The fourth-order valence-electron chi connectivity index (χ4n) is 1.72. The van der Waals surface area contributed by atoms with Gasteiger partial charge >= 0.3 is 5.90 Å². The van der Waals surface area contributed by atoms with Crippen LogP contribution in [0.5, 0.6) is 0 Å². The minimum Gasteiger partial charge on any atom is -0.402 e. The van der Waals surface area contributed by atoms with Crippen molar-refractivity contribution in [1.82, 2.24) is 0 Å². The van der Waals surface area contributed by atoms with E-state index in [-0.39, 0.29) is 5.54 Å². The maximum Gasteiger partial charge on any atom is 0.375 e. The van der Waals surface area contributed by atoms with Crippen molar-refractivity contribution in [2.45, 2.75) is 19.4 Å². The number of benzene rings is 1. The molecule has 0 atom stereocenters. The third kappa shape index (κ3) is 2.22. The van der Waals surface area contributed by atoms with E-state index < -0.39 is 0 Å². The summed E-state index contributed by atoms with van der Waals surface area (Å²) < 4.78 is 10.0. The number of nitrogens with zero attached hydrogens (tertiary/aromatic N) is 1. The smallest absolute Gasteiger partial charge is 0.375 e. The zero-order valence-corrected chi connectivity index (χ0v) is 12.9. The Bertz CT molecular complexity index is 503. The van der Waals surface area contributed by atoms with Crippen LogP contribution in [-0.2, 0) is 4.74 Å². The highest BCUT2D eigenvalue weighted by Gasteiger charge is 2.45. The fraction of sp³-hybridized carbons (Fsp3) is 0.308. The fourth-order valence-corrected chi connectivity index (χ4v) is 2.73. The van der Waals surface area contributed by atoms with Crippen molar-refractivity contribution in [3.63, 3.8) is 0 Å². The molecule has 4 heteroatoms. The molecule has 0 bridgehead atoms. The SMILES string of the molecule is C[N+]1=C(c2ccc(Cl)cc2)O/C(=C\I)C1(C)C. The summed E-state index contributed by atoms with van der Waals surface area (Å²) in [4.78, 5) is 0. The van der Waals surface area contributed by atoms with E-state index in [0.29, 0.717) is 0 Å². The van der Waals surface area contributed by atoms with E-state index in [1.165, 1.54) is 0 Å². The molecule has 0 aromatic heterocycles. The molecule has 1 heterocycles. The van der Waals surface area contributed by atoms with Crippen molar-refractivity contribution < 1.29 is 9.31 Å². The number of likely N-dealkylation sites (N-methyl/N-ethyl adjacent to an activating group) is 1. The van der Waals surface area contributed by atoms with Crippen LogP contribution < -0.4 is 0 Å². The molecule has 0 fully saturated rings. The Kier molecular flexibility index (Phi) is 3.50. The summed E-state index contributed by atoms with van der Waals surface area (Å²) in [7, 11) is 2.04. The van der Waals surface area contributed by atoms with Gasteiger partial charge in [0.15, 0.2) is 5.76 Å². The summed E-state index contributed by atoms with van der Waals surface area (Å²) in [6, 6.07) is 7.69. The van der Waals surface area contributed by atoms with E-state index >= 15 is 0 Å². The van der Waals surface area contributed by atoms with Gasteiger partial charge in [-0.2, -0.15) is 4.58 Å². The van der Waals surface area contributed by atoms with Crippen molar-refractivity contribution in [3.05, 3.63) is 44.7 Å². The Hall–Kier alpha value is -0.550. The molecule has 1 aliphatic rings. The van der Waals surface area contributed by atoms with Crippen molar-refractivity contribution in [1.29, 1.82) is 0 Å². The normalized spacial score (nSPS) is 20.9. The largest absolute Gasteiger partial charge is 0.402 e. The number of hydrogen-bond donors (Lipinski definition) is 0. The summed E-state index contributed by atoms with van der Waals surface area (Å²) in [5.41, 5.74) is 0.925. The highest BCUT2D eigenvalue weighted by atomic mass is 127. The highest BCUT2D eigenvalue weighted by molar-refractivity contribution is 14.1. The minimum atomic E-state index is -0.115. The number of rotatable bonds is 1. The first kappa shape index (κ1) is 12.9. The van der Waals surface area contributed by atoms with Crippen LogP contribution in [-0.4, -0.2) is 23.1 Å². The zero-order chi connectivity index (χ0) is 12.6. The van der Waals surface area contributed by atoms with Crippen LogP contribution in [0.1, 0.15) is 19.4 Å². The van der Waals surface area contributed by atoms with Gasteiger partial charge in [-0.1, -0.05) is 11.6 Å². The number of hydrogen-bond acceptors (Lipinski definition) is 1. The third-order valence-electron chi connectivity index (χ3n) is 3.14. The molecule has 0 saturated carbocycles. The number of halogens is 2. The summed E-state index contributed by atoms with van der Waals surface area (Å²) in [6.45, 7) is 4.28. The quantitative estimate of drug-likeness (QED) is 0.546. The predicted molar refractivity (Wildman–Crippen MR) is 79.0 cm³/mol. The molecule has 1 aromatic rings. The summed E-state index contributed by atoms with van der Waals surface area (Å²) in [5.74, 6) is 1.83. The summed E-state index contributed by atoms with van der Waals surface area (Å²) >= 11 is 8.10. The van der Waals surface area contributed by atoms with Gasteiger partial charge in [0, 0.05) is 23.0 Å². The van der Waals surface area contributed by atoms with E-state index in [9.17, 15) is 0 Å². The lowest BCUT2D eigenvalue weighted by molar-refractivity contribution is -0.556. The summed E-state index contributed by atoms with van der Waals surface area (Å²) in [5, 5.41) is 0.735. The maximum absolute atomic E-state index is 5.92. The molecule has 2 nitrogen and oxygen atoms in total. The lowest BCUT2D eigenvalue weighted by Gasteiger charge is -2.11. The van der Waals surface area contributed by atoms with Crippen LogP contribution in [0.2, 0.25) is 5.02 Å². The molecule has 0 N–H and O–H groups in total. The van der Waals surface area contributed by atoms with E-state index in [2.05, 4.69) is 41.0 Å². The van der Waals surface area contributed by atoms with Gasteiger partial charge in [-0.25, -0.2) is 0 Å². The second-order valence-corrected chi connectivity index (χ2v) is 5.56. The van der Waals surface area contributed by atoms with Crippen molar-refractivity contribution in [2.24, 2.45) is 0 Å². The van der Waals surface area contributed by atoms with Gasteiger partial charge in [0.2, 0.25) is 5.54 Å². The molecular weight excluding hydrogens is 349 g/mol. The second kappa shape index (κ2) is 4.61. The number of ether oxygens (including phenoxy) is 1. The van der Waals surface area contributed by atoms with Gasteiger partial charge in [0.1, 0.15) is 7.05 Å². The maximum atomic E-state index is 5.92. The average molecular weight is 363 g/mol. The van der Waals surface area contributed by atoms with E-state index in [4.69, 9.17) is 16.3 Å². The Morgan fingerprint density at radius 1 is 1.29 bits per heavy atom. The first-order valence-corrected chi connectivity index (χ1v) is 6.94. The molecule has 0 unspecified atom stereocenters. The zero-order valence-electron chi connectivity index (χ0n) is 10.00. The molecular formula is C13H14ClINO+. The van der Waals surface area contributed by atoms with E-state index in [1.54, 1.807) is 0 Å². The van der Waals surface area contributed by atoms with Gasteiger partial charge in [0.05, 0.1) is 5.56 Å². The highest BCUT2D eigenvalue weighted by Crippen LogP contribution is 2.30. The molecule has 2 rings (SSSR count). The first-order chi connectivity index (χ1) is 7.96. The molecule has 0 amide bonds. The van der Waals surface area contributed by atoms with Crippen LogP contribution in [0, 0.1) is 0 Å². The molecule has 0 spiro atoms. The van der Waals surface area contributed by atoms with E-state index in [0.717, 1.165) is 22.2 Å². The molecule has 90 valence electrons. The molecule has 1 aromatic carbocycles. The van der Waals surface area contributed by atoms with Crippen molar-refractivity contribution in [3.8, 4) is 0 Å². The lowest BCUT2D eigenvalue weighted by atomic mass is 10.0. The van der Waals surface area contributed by atoms with Crippen molar-refractivity contribution >= 4 is 40.1 Å². The van der Waals surface area contributed by atoms with Gasteiger partial charge in [-0.05, 0) is 46.9 Å². The third-order valence-corrected chi connectivity index (χ3v) is 3.96. The molecule has 0 saturated heterocycles. The van der Waals surface area contributed by atoms with Crippen LogP contribution in [0.4, 0.5) is 0 Å². The van der Waals surface area contributed by atoms with Crippen LogP contribution >= 0.6 is 34.2 Å².